The Bertz CT molecular complexity index is 1100. The monoisotopic (exact) mass is 405 g/mol. The fourth-order valence-electron chi connectivity index (χ4n) is 4.26. The second-order valence-electron chi connectivity index (χ2n) is 8.04. The van der Waals surface area contributed by atoms with Gasteiger partial charge in [-0.1, -0.05) is 0 Å². The molecule has 0 unspecified atom stereocenters. The zero-order valence-corrected chi connectivity index (χ0v) is 17.3. The molecule has 30 heavy (non-hydrogen) atoms. The molecule has 1 amide bonds. The normalized spacial score (nSPS) is 20.6. The highest BCUT2D eigenvalue weighted by molar-refractivity contribution is 6.55. The highest BCUT2D eigenvalue weighted by Crippen LogP contribution is 2.40. The molecule has 4 N–H and O–H groups in total. The van der Waals surface area contributed by atoms with Crippen molar-refractivity contribution in [1.29, 1.82) is 5.26 Å². The minimum Gasteiger partial charge on any atom is -0.532 e. The lowest BCUT2D eigenvalue weighted by atomic mass is 9.73. The van der Waals surface area contributed by atoms with Gasteiger partial charge in [-0.2, -0.15) is 10.4 Å². The number of nitrogens with zero attached hydrogens (tertiary/aromatic N) is 3. The lowest BCUT2D eigenvalue weighted by Crippen LogP contribution is -2.28. The zero-order chi connectivity index (χ0) is 21.6. The minimum absolute atomic E-state index is 0.0587. The van der Waals surface area contributed by atoms with E-state index in [1.165, 1.54) is 0 Å². The number of nitriles is 1. The van der Waals surface area contributed by atoms with Crippen LogP contribution < -0.4 is 15.7 Å². The van der Waals surface area contributed by atoms with Gasteiger partial charge in [-0.3, -0.25) is 9.48 Å². The van der Waals surface area contributed by atoms with Crippen molar-refractivity contribution < 1.29 is 14.5 Å². The maximum Gasteiger partial charge on any atom is 0.555 e. The third-order valence-corrected chi connectivity index (χ3v) is 6.12. The van der Waals surface area contributed by atoms with Crippen LogP contribution in [-0.2, 0) is 0 Å². The van der Waals surface area contributed by atoms with Crippen LogP contribution in [0.4, 0.5) is 11.5 Å². The summed E-state index contributed by atoms with van der Waals surface area (Å²) < 4.78 is 7.35. The summed E-state index contributed by atoms with van der Waals surface area (Å²) in [5.41, 5.74) is 10.0. The van der Waals surface area contributed by atoms with Crippen LogP contribution in [0.15, 0.2) is 23.8 Å². The lowest BCUT2D eigenvalue weighted by molar-refractivity contribution is 0.100. The van der Waals surface area contributed by atoms with Crippen molar-refractivity contribution in [3.05, 3.63) is 40.5 Å². The van der Waals surface area contributed by atoms with Crippen LogP contribution in [0.25, 0.3) is 5.57 Å². The van der Waals surface area contributed by atoms with E-state index in [0.717, 1.165) is 47.1 Å². The number of hydrogen-bond donors (Lipinski definition) is 3. The van der Waals surface area contributed by atoms with Crippen molar-refractivity contribution in [3.63, 3.8) is 0 Å². The number of hydrogen-bond acceptors (Lipinski definition) is 6. The number of nitrogens with two attached hydrogens (primary N) is 1. The van der Waals surface area contributed by atoms with Crippen molar-refractivity contribution in [2.24, 2.45) is 11.7 Å². The molecule has 154 valence electrons. The van der Waals surface area contributed by atoms with E-state index < -0.39 is 13.0 Å². The Kier molecular flexibility index (Phi) is 5.04. The van der Waals surface area contributed by atoms with Crippen molar-refractivity contribution >= 4 is 30.1 Å². The van der Waals surface area contributed by atoms with E-state index in [0.29, 0.717) is 11.6 Å². The zero-order valence-electron chi connectivity index (χ0n) is 17.3. The molecule has 9 heteroatoms. The summed E-state index contributed by atoms with van der Waals surface area (Å²) in [5.74, 6) is 0.298. The number of nitrogens with one attached hydrogen (secondary N) is 1. The Morgan fingerprint density at radius 3 is 2.87 bits per heavy atom. The van der Waals surface area contributed by atoms with E-state index in [1.54, 1.807) is 10.9 Å². The van der Waals surface area contributed by atoms with Gasteiger partial charge in [0.25, 0.3) is 5.91 Å². The molecule has 1 aliphatic heterocycles. The molecule has 2 aromatic rings. The molecular formula is C21H24BN5O3. The fraction of sp³-hybridized carbons (Fsp3) is 0.381. The molecule has 2 atom stereocenters. The number of carbonyl (C=O) groups is 1. The molecule has 2 heterocycles. The second-order valence-corrected chi connectivity index (χ2v) is 8.04. The van der Waals surface area contributed by atoms with Crippen LogP contribution in [-0.4, -0.2) is 27.8 Å². The van der Waals surface area contributed by atoms with E-state index in [-0.39, 0.29) is 17.5 Å². The molecule has 0 radical (unpaired) electrons. The Morgan fingerprint density at radius 2 is 2.17 bits per heavy atom. The maximum absolute atomic E-state index is 12.0. The largest absolute Gasteiger partial charge is 0.555 e. The molecular weight excluding hydrogens is 381 g/mol. The van der Waals surface area contributed by atoms with Gasteiger partial charge >= 0.3 is 7.12 Å². The number of primary amides is 1. The summed E-state index contributed by atoms with van der Waals surface area (Å²) in [7, 11) is -0.952. The van der Waals surface area contributed by atoms with Crippen LogP contribution in [0.3, 0.4) is 0 Å². The van der Waals surface area contributed by atoms with Crippen LogP contribution >= 0.6 is 0 Å². The summed E-state index contributed by atoms with van der Waals surface area (Å²) in [5, 5.41) is 27.3. The molecule has 0 saturated heterocycles. The summed E-state index contributed by atoms with van der Waals surface area (Å²) in [6.07, 6.45) is 4.26. The van der Waals surface area contributed by atoms with Gasteiger partial charge in [0, 0.05) is 17.4 Å². The van der Waals surface area contributed by atoms with Gasteiger partial charge in [0.1, 0.15) is 11.3 Å². The smallest absolute Gasteiger partial charge is 0.532 e. The summed E-state index contributed by atoms with van der Waals surface area (Å²) in [4.78, 5) is 12.0. The molecule has 1 saturated carbocycles. The SMILES string of the molecule is CC1=C(C)c2cc(Nc3nn([C@@H]4CCC[C@H]4C#N)cc3C(N)=O)cc(C)c2OB1O. The van der Waals surface area contributed by atoms with Gasteiger partial charge < -0.3 is 20.7 Å². The number of aryl methyl sites for hydroxylation is 1. The predicted octanol–water partition coefficient (Wildman–Crippen LogP) is 3.10. The van der Waals surface area contributed by atoms with Gasteiger partial charge in [0.05, 0.1) is 18.0 Å². The average molecular weight is 405 g/mol. The number of aromatic nitrogens is 2. The number of amides is 1. The van der Waals surface area contributed by atoms with Crippen molar-refractivity contribution in [2.45, 2.75) is 46.1 Å². The Hall–Kier alpha value is -3.25. The number of rotatable bonds is 4. The third-order valence-electron chi connectivity index (χ3n) is 6.12. The number of carbonyl (C=O) groups excluding carboxylic acids is 1. The highest BCUT2D eigenvalue weighted by Gasteiger charge is 2.32. The average Bonchev–Trinajstić information content (AvgIpc) is 3.34. The molecule has 4 rings (SSSR count). The van der Waals surface area contributed by atoms with Crippen LogP contribution in [0.1, 0.15) is 60.6 Å². The Labute approximate surface area is 175 Å². The van der Waals surface area contributed by atoms with Gasteiger partial charge in [-0.15, -0.1) is 0 Å². The predicted molar refractivity (Wildman–Crippen MR) is 114 cm³/mol. The summed E-state index contributed by atoms with van der Waals surface area (Å²) >= 11 is 0. The number of benzene rings is 1. The molecule has 1 fully saturated rings. The molecule has 1 aromatic carbocycles. The quantitative estimate of drug-likeness (QED) is 0.671. The van der Waals surface area contributed by atoms with Gasteiger partial charge in [-0.05, 0) is 68.8 Å². The second kappa shape index (κ2) is 7.54. The van der Waals surface area contributed by atoms with E-state index in [4.69, 9.17) is 10.4 Å². The van der Waals surface area contributed by atoms with Crippen molar-refractivity contribution in [3.8, 4) is 11.8 Å². The molecule has 0 bridgehead atoms. The maximum atomic E-state index is 12.0. The molecule has 8 nitrogen and oxygen atoms in total. The standard InChI is InChI=1S/C21H24BN5O3/c1-11-7-15(8-16-12(2)13(3)22(29)30-19(11)16)25-21-17(20(24)28)10-27(26-21)18-6-4-5-14(18)9-23/h7-8,10,14,18,29H,4-6H2,1-3H3,(H2,24,28)(H,25,26)/t14-,18+/m0/s1. The van der Waals surface area contributed by atoms with Gasteiger partial charge in [-0.25, -0.2) is 0 Å². The summed E-state index contributed by atoms with van der Waals surface area (Å²) in [6, 6.07) is 6.06. The number of fused-ring (bicyclic) bond motifs is 1. The first-order valence-corrected chi connectivity index (χ1v) is 10.0. The summed E-state index contributed by atoms with van der Waals surface area (Å²) in [6.45, 7) is 5.67. The number of allylic oxidation sites excluding steroid dienone is 2. The first-order chi connectivity index (χ1) is 14.3. The Morgan fingerprint density at radius 1 is 1.40 bits per heavy atom. The van der Waals surface area contributed by atoms with Crippen LogP contribution in [0.2, 0.25) is 0 Å². The van der Waals surface area contributed by atoms with Crippen LogP contribution in [0.5, 0.6) is 5.75 Å². The minimum atomic E-state index is -0.952. The third kappa shape index (κ3) is 3.33. The van der Waals surface area contributed by atoms with Gasteiger partial charge in [0.15, 0.2) is 5.82 Å². The van der Waals surface area contributed by atoms with E-state index in [1.807, 2.05) is 32.9 Å². The molecule has 2 aliphatic rings. The van der Waals surface area contributed by atoms with E-state index >= 15 is 0 Å². The first kappa shape index (κ1) is 20.0. The van der Waals surface area contributed by atoms with Gasteiger partial charge in [0.2, 0.25) is 0 Å². The van der Waals surface area contributed by atoms with Crippen molar-refractivity contribution in [1.82, 2.24) is 9.78 Å². The Balaban J connectivity index is 1.71. The van der Waals surface area contributed by atoms with E-state index in [9.17, 15) is 15.1 Å². The fourth-order valence-corrected chi connectivity index (χ4v) is 4.26. The highest BCUT2D eigenvalue weighted by atomic mass is 16.5. The molecule has 1 aliphatic carbocycles. The lowest BCUT2D eigenvalue weighted by Gasteiger charge is -2.25. The van der Waals surface area contributed by atoms with Crippen LogP contribution in [0, 0.1) is 24.2 Å². The topological polar surface area (TPSA) is 126 Å². The van der Waals surface area contributed by atoms with Crippen molar-refractivity contribution in [2.75, 3.05) is 5.32 Å². The first-order valence-electron chi connectivity index (χ1n) is 10.0. The van der Waals surface area contributed by atoms with E-state index in [2.05, 4.69) is 16.5 Å². The number of anilines is 2. The molecule has 1 aromatic heterocycles. The molecule has 0 spiro atoms.